The molecule has 1 atom stereocenters. The van der Waals surface area contributed by atoms with Gasteiger partial charge in [-0.15, -0.1) is 0 Å². The first kappa shape index (κ1) is 21.9. The summed E-state index contributed by atoms with van der Waals surface area (Å²) in [6, 6.07) is 5.74. The molecule has 1 aromatic carbocycles. The number of carbonyl (C=O) groups is 1. The van der Waals surface area contributed by atoms with Crippen LogP contribution in [0.3, 0.4) is 0 Å². The number of hydrogen-bond acceptors (Lipinski definition) is 3. The number of nitrogens with zero attached hydrogens (tertiary/aromatic N) is 2. The number of amides is 1. The van der Waals surface area contributed by atoms with Crippen LogP contribution in [0, 0.1) is 5.82 Å². The molecule has 2 rings (SSSR count). The van der Waals surface area contributed by atoms with E-state index in [0.29, 0.717) is 44.1 Å². The lowest BCUT2D eigenvalue weighted by atomic mass is 10.1. The number of aliphatic imine (C=N–C) groups is 1. The summed E-state index contributed by atoms with van der Waals surface area (Å²) < 4.78 is 50.4. The van der Waals surface area contributed by atoms with Gasteiger partial charge in [0.1, 0.15) is 5.82 Å². The molecule has 1 saturated heterocycles. The first-order valence-corrected chi connectivity index (χ1v) is 9.02. The van der Waals surface area contributed by atoms with E-state index < -0.39 is 12.7 Å². The van der Waals surface area contributed by atoms with Gasteiger partial charge in [0, 0.05) is 39.3 Å². The van der Waals surface area contributed by atoms with Gasteiger partial charge in [-0.2, -0.15) is 13.2 Å². The van der Waals surface area contributed by atoms with Gasteiger partial charge in [0.2, 0.25) is 5.91 Å². The van der Waals surface area contributed by atoms with Gasteiger partial charge in [-0.3, -0.25) is 14.7 Å². The first-order chi connectivity index (χ1) is 13.2. The molecule has 3 N–H and O–H groups in total. The summed E-state index contributed by atoms with van der Waals surface area (Å²) in [5.41, 5.74) is 0.590. The highest BCUT2D eigenvalue weighted by atomic mass is 19.4. The van der Waals surface area contributed by atoms with Gasteiger partial charge in [0.25, 0.3) is 0 Å². The largest absolute Gasteiger partial charge is 0.401 e. The van der Waals surface area contributed by atoms with Crippen molar-refractivity contribution in [2.45, 2.75) is 25.1 Å². The van der Waals surface area contributed by atoms with Gasteiger partial charge in [0.15, 0.2) is 5.96 Å². The third kappa shape index (κ3) is 8.12. The first-order valence-electron chi connectivity index (χ1n) is 9.02. The number of alkyl halides is 3. The molecular formula is C18H25F4N5O. The molecule has 0 aliphatic carbocycles. The van der Waals surface area contributed by atoms with Crippen LogP contribution in [-0.2, 0) is 11.2 Å². The third-order valence-corrected chi connectivity index (χ3v) is 4.23. The predicted molar refractivity (Wildman–Crippen MR) is 98.5 cm³/mol. The molecule has 1 heterocycles. The molecule has 1 fully saturated rings. The number of nitrogens with one attached hydrogen (secondary N) is 3. The SMILES string of the molecule is CN=C(NCCNC(=O)Cc1cccc(F)c1)NC1CCN(CC(F)(F)F)C1. The molecule has 10 heteroatoms. The zero-order chi connectivity index (χ0) is 20.6. The Hall–Kier alpha value is -2.36. The zero-order valence-corrected chi connectivity index (χ0v) is 15.7. The fourth-order valence-electron chi connectivity index (χ4n) is 3.01. The molecule has 0 radical (unpaired) electrons. The summed E-state index contributed by atoms with van der Waals surface area (Å²) in [6.07, 6.45) is -3.51. The Kier molecular flexibility index (Phi) is 8.04. The molecule has 0 spiro atoms. The van der Waals surface area contributed by atoms with E-state index in [1.807, 2.05) is 0 Å². The summed E-state index contributed by atoms with van der Waals surface area (Å²) >= 11 is 0. The molecule has 6 nitrogen and oxygen atoms in total. The minimum atomic E-state index is -4.20. The van der Waals surface area contributed by atoms with Gasteiger partial charge in [-0.1, -0.05) is 12.1 Å². The fraction of sp³-hybridized carbons (Fsp3) is 0.556. The summed E-state index contributed by atoms with van der Waals surface area (Å²) in [5.74, 6) is -0.144. The van der Waals surface area contributed by atoms with Crippen LogP contribution < -0.4 is 16.0 Å². The van der Waals surface area contributed by atoms with Crippen LogP contribution in [0.2, 0.25) is 0 Å². The molecule has 0 aromatic heterocycles. The van der Waals surface area contributed by atoms with Gasteiger partial charge in [-0.05, 0) is 24.1 Å². The quantitative estimate of drug-likeness (QED) is 0.278. The Balaban J connectivity index is 1.64. The Morgan fingerprint density at radius 1 is 1.29 bits per heavy atom. The van der Waals surface area contributed by atoms with Crippen LogP contribution in [0.15, 0.2) is 29.3 Å². The van der Waals surface area contributed by atoms with Crippen LogP contribution in [0.4, 0.5) is 17.6 Å². The van der Waals surface area contributed by atoms with Crippen LogP contribution in [0.25, 0.3) is 0 Å². The van der Waals surface area contributed by atoms with Crippen molar-refractivity contribution >= 4 is 11.9 Å². The molecule has 0 saturated carbocycles. The van der Waals surface area contributed by atoms with Crippen molar-refractivity contribution in [3.8, 4) is 0 Å². The summed E-state index contributed by atoms with van der Waals surface area (Å²) in [4.78, 5) is 17.3. The molecule has 1 aliphatic rings. The Bertz CT molecular complexity index is 680. The number of guanidine groups is 1. The van der Waals surface area contributed by atoms with Crippen molar-refractivity contribution in [3.05, 3.63) is 35.6 Å². The Morgan fingerprint density at radius 2 is 2.04 bits per heavy atom. The number of hydrogen-bond donors (Lipinski definition) is 3. The van der Waals surface area contributed by atoms with E-state index >= 15 is 0 Å². The molecule has 0 bridgehead atoms. The monoisotopic (exact) mass is 403 g/mol. The third-order valence-electron chi connectivity index (χ3n) is 4.23. The van der Waals surface area contributed by atoms with E-state index in [1.165, 1.54) is 17.0 Å². The second-order valence-electron chi connectivity index (χ2n) is 6.64. The van der Waals surface area contributed by atoms with E-state index in [0.717, 1.165) is 0 Å². The summed E-state index contributed by atoms with van der Waals surface area (Å²) in [6.45, 7) is 0.497. The zero-order valence-electron chi connectivity index (χ0n) is 15.7. The molecule has 156 valence electrons. The van der Waals surface area contributed by atoms with E-state index in [2.05, 4.69) is 20.9 Å². The number of likely N-dealkylation sites (tertiary alicyclic amines) is 1. The van der Waals surface area contributed by atoms with E-state index in [-0.39, 0.29) is 24.2 Å². The van der Waals surface area contributed by atoms with Crippen LogP contribution in [-0.4, -0.2) is 68.8 Å². The highest BCUT2D eigenvalue weighted by Gasteiger charge is 2.34. The average molecular weight is 403 g/mol. The average Bonchev–Trinajstić information content (AvgIpc) is 3.02. The summed E-state index contributed by atoms with van der Waals surface area (Å²) in [5, 5.41) is 8.82. The molecule has 1 unspecified atom stereocenters. The van der Waals surface area contributed by atoms with Crippen molar-refractivity contribution in [3.63, 3.8) is 0 Å². The van der Waals surface area contributed by atoms with Gasteiger partial charge in [0.05, 0.1) is 13.0 Å². The van der Waals surface area contributed by atoms with Crippen molar-refractivity contribution < 1.29 is 22.4 Å². The van der Waals surface area contributed by atoms with Crippen LogP contribution in [0.5, 0.6) is 0 Å². The van der Waals surface area contributed by atoms with Crippen molar-refractivity contribution in [1.82, 2.24) is 20.9 Å². The molecule has 1 aromatic rings. The maximum absolute atomic E-state index is 13.1. The summed E-state index contributed by atoms with van der Waals surface area (Å²) in [7, 11) is 1.57. The molecule has 28 heavy (non-hydrogen) atoms. The molecule has 1 amide bonds. The van der Waals surface area contributed by atoms with E-state index in [9.17, 15) is 22.4 Å². The lowest BCUT2D eigenvalue weighted by molar-refractivity contribution is -0.143. The predicted octanol–water partition coefficient (Wildman–Crippen LogP) is 1.29. The van der Waals surface area contributed by atoms with Crippen molar-refractivity contribution in [2.75, 3.05) is 39.8 Å². The highest BCUT2D eigenvalue weighted by molar-refractivity contribution is 5.80. The molecular weight excluding hydrogens is 378 g/mol. The number of rotatable bonds is 7. The number of carbonyl (C=O) groups excluding carboxylic acids is 1. The van der Waals surface area contributed by atoms with E-state index in [1.54, 1.807) is 19.2 Å². The van der Waals surface area contributed by atoms with Crippen LogP contribution in [0.1, 0.15) is 12.0 Å². The Labute approximate surface area is 161 Å². The van der Waals surface area contributed by atoms with Gasteiger partial charge < -0.3 is 16.0 Å². The number of benzene rings is 1. The lowest BCUT2D eigenvalue weighted by Gasteiger charge is -2.19. The normalized spacial score (nSPS) is 18.2. The smallest absolute Gasteiger partial charge is 0.355 e. The van der Waals surface area contributed by atoms with Gasteiger partial charge in [-0.25, -0.2) is 4.39 Å². The fourth-order valence-corrected chi connectivity index (χ4v) is 3.01. The van der Waals surface area contributed by atoms with Crippen LogP contribution >= 0.6 is 0 Å². The maximum Gasteiger partial charge on any atom is 0.401 e. The topological polar surface area (TPSA) is 68.8 Å². The second kappa shape index (κ2) is 10.3. The van der Waals surface area contributed by atoms with E-state index in [4.69, 9.17) is 0 Å². The van der Waals surface area contributed by atoms with Crippen molar-refractivity contribution in [2.24, 2.45) is 4.99 Å². The highest BCUT2D eigenvalue weighted by Crippen LogP contribution is 2.19. The number of halogens is 4. The van der Waals surface area contributed by atoms with Crippen molar-refractivity contribution in [1.29, 1.82) is 0 Å². The van der Waals surface area contributed by atoms with Gasteiger partial charge >= 0.3 is 6.18 Å². The standard InChI is InChI=1S/C18H25F4N5O/c1-23-17(26-15-5-8-27(11-15)12-18(20,21)22)25-7-6-24-16(28)10-13-3-2-4-14(19)9-13/h2-4,9,15H,5-8,10-12H2,1H3,(H,24,28)(H2,23,25,26). The Morgan fingerprint density at radius 3 is 2.71 bits per heavy atom. The second-order valence-corrected chi connectivity index (χ2v) is 6.64. The lowest BCUT2D eigenvalue weighted by Crippen LogP contribution is -2.47. The maximum atomic E-state index is 13.1. The minimum Gasteiger partial charge on any atom is -0.355 e. The minimum absolute atomic E-state index is 0.0852. The molecule has 1 aliphatic heterocycles.